The summed E-state index contributed by atoms with van der Waals surface area (Å²) in [6.45, 7) is 1.80. The molecule has 2 aromatic rings. The number of carbonyl (C=O) groups is 2. The number of ether oxygens (including phenoxy) is 2. The molecule has 1 aliphatic rings. The van der Waals surface area contributed by atoms with E-state index < -0.39 is 0 Å². The van der Waals surface area contributed by atoms with E-state index in [1.165, 1.54) is 23.1 Å². The average Bonchev–Trinajstić information content (AvgIpc) is 3.43. The van der Waals surface area contributed by atoms with Crippen LogP contribution >= 0.6 is 23.1 Å². The predicted octanol–water partition coefficient (Wildman–Crippen LogP) is 2.30. The number of nitrogens with one attached hydrogen (secondary N) is 3. The highest BCUT2D eigenvalue weighted by molar-refractivity contribution is 8.01. The molecule has 0 radical (unpaired) electrons. The summed E-state index contributed by atoms with van der Waals surface area (Å²) < 4.78 is 11.2. The molecule has 1 saturated heterocycles. The minimum Gasteiger partial charge on any atom is -0.497 e. The number of hydrogen-bond donors (Lipinski definition) is 3. The summed E-state index contributed by atoms with van der Waals surface area (Å²) >= 11 is 2.52. The van der Waals surface area contributed by atoms with E-state index in [0.717, 1.165) is 30.8 Å². The lowest BCUT2D eigenvalue weighted by atomic mass is 10.1. The molecular formula is C19H25N5O4S2. The maximum atomic E-state index is 12.0. The number of urea groups is 1. The third-order valence-corrected chi connectivity index (χ3v) is 6.33. The quantitative estimate of drug-likeness (QED) is 0.375. The van der Waals surface area contributed by atoms with E-state index in [1.54, 1.807) is 7.11 Å². The van der Waals surface area contributed by atoms with Gasteiger partial charge in [-0.1, -0.05) is 35.2 Å². The molecule has 1 aromatic heterocycles. The topological polar surface area (TPSA) is 114 Å². The molecule has 162 valence electrons. The molecule has 0 saturated carbocycles. The Kier molecular flexibility index (Phi) is 8.72. The Morgan fingerprint density at radius 2 is 2.10 bits per heavy atom. The van der Waals surface area contributed by atoms with Crippen molar-refractivity contribution in [3.05, 3.63) is 29.8 Å². The van der Waals surface area contributed by atoms with E-state index in [4.69, 9.17) is 9.47 Å². The maximum Gasteiger partial charge on any atom is 0.321 e. The van der Waals surface area contributed by atoms with Gasteiger partial charge in [0.1, 0.15) is 5.75 Å². The van der Waals surface area contributed by atoms with Crippen molar-refractivity contribution in [2.45, 2.75) is 29.7 Å². The zero-order chi connectivity index (χ0) is 21.2. The van der Waals surface area contributed by atoms with E-state index in [0.29, 0.717) is 29.0 Å². The molecule has 3 amide bonds. The van der Waals surface area contributed by atoms with Crippen LogP contribution in [0.4, 0.5) is 9.93 Å². The first-order valence-corrected chi connectivity index (χ1v) is 11.4. The Hall–Kier alpha value is -2.37. The number of hydrogen-bond acceptors (Lipinski definition) is 8. The number of rotatable bonds is 10. The molecule has 1 fully saturated rings. The van der Waals surface area contributed by atoms with Crippen molar-refractivity contribution in [1.29, 1.82) is 0 Å². The molecule has 3 rings (SSSR count). The van der Waals surface area contributed by atoms with Gasteiger partial charge in [0.15, 0.2) is 4.34 Å². The van der Waals surface area contributed by atoms with Gasteiger partial charge in [-0.2, -0.15) is 0 Å². The van der Waals surface area contributed by atoms with E-state index >= 15 is 0 Å². The summed E-state index contributed by atoms with van der Waals surface area (Å²) in [6.07, 6.45) is 2.86. The van der Waals surface area contributed by atoms with Gasteiger partial charge >= 0.3 is 6.03 Å². The van der Waals surface area contributed by atoms with Crippen molar-refractivity contribution in [2.75, 3.05) is 37.9 Å². The van der Waals surface area contributed by atoms with Crippen molar-refractivity contribution in [1.82, 2.24) is 20.8 Å². The Bertz CT molecular complexity index is 825. The van der Waals surface area contributed by atoms with Gasteiger partial charge in [0.25, 0.3) is 0 Å². The fourth-order valence-electron chi connectivity index (χ4n) is 2.78. The number of aromatic nitrogens is 2. The molecule has 1 aromatic carbocycles. The van der Waals surface area contributed by atoms with E-state index in [9.17, 15) is 9.59 Å². The molecule has 3 N–H and O–H groups in total. The van der Waals surface area contributed by atoms with Gasteiger partial charge in [0, 0.05) is 19.7 Å². The molecule has 9 nitrogen and oxygen atoms in total. The van der Waals surface area contributed by atoms with E-state index in [-0.39, 0.29) is 23.8 Å². The highest BCUT2D eigenvalue weighted by atomic mass is 32.2. The lowest BCUT2D eigenvalue weighted by molar-refractivity contribution is -0.119. The first-order chi connectivity index (χ1) is 14.6. The van der Waals surface area contributed by atoms with Crippen LogP contribution in [0.5, 0.6) is 5.75 Å². The van der Waals surface area contributed by atoms with Crippen molar-refractivity contribution in [3.63, 3.8) is 0 Å². The SMILES string of the molecule is COc1ccc(CCNC(=O)Nc2nnc(SCC(=O)NC[C@H]3CCCO3)s2)cc1. The summed E-state index contributed by atoms with van der Waals surface area (Å²) in [6, 6.07) is 7.36. The highest BCUT2D eigenvalue weighted by Crippen LogP contribution is 2.25. The van der Waals surface area contributed by atoms with Crippen LogP contribution in [0.3, 0.4) is 0 Å². The van der Waals surface area contributed by atoms with Crippen LogP contribution in [0.2, 0.25) is 0 Å². The molecule has 1 atom stereocenters. The molecule has 0 unspecified atom stereocenters. The highest BCUT2D eigenvalue weighted by Gasteiger charge is 2.16. The fourth-order valence-corrected chi connectivity index (χ4v) is 4.36. The largest absolute Gasteiger partial charge is 0.497 e. The standard InChI is InChI=1S/C19H25N5O4S2/c1-27-14-6-4-13(5-7-14)8-9-20-17(26)22-18-23-24-19(30-18)29-12-16(25)21-11-15-3-2-10-28-15/h4-7,15H,2-3,8-12H2,1H3,(H,21,25)(H2,20,22,23,26)/t15-/m1/s1. The number of thioether (sulfide) groups is 1. The third kappa shape index (κ3) is 7.47. The molecule has 0 bridgehead atoms. The normalized spacial score (nSPS) is 15.6. The number of amides is 3. The van der Waals surface area contributed by atoms with Crippen molar-refractivity contribution >= 4 is 40.2 Å². The summed E-state index contributed by atoms with van der Waals surface area (Å²) in [7, 11) is 1.62. The van der Waals surface area contributed by atoms with Gasteiger partial charge in [0.05, 0.1) is 19.0 Å². The van der Waals surface area contributed by atoms with Crippen LogP contribution in [0.1, 0.15) is 18.4 Å². The Balaban J connectivity index is 1.31. The zero-order valence-electron chi connectivity index (χ0n) is 16.7. The summed E-state index contributed by atoms with van der Waals surface area (Å²) in [5.41, 5.74) is 1.10. The monoisotopic (exact) mass is 451 g/mol. The minimum atomic E-state index is -0.342. The number of anilines is 1. The lowest BCUT2D eigenvalue weighted by Crippen LogP contribution is -2.32. The molecule has 0 spiro atoms. The van der Waals surface area contributed by atoms with E-state index in [1.807, 2.05) is 24.3 Å². The van der Waals surface area contributed by atoms with Crippen LogP contribution < -0.4 is 20.7 Å². The van der Waals surface area contributed by atoms with Gasteiger partial charge in [-0.3, -0.25) is 10.1 Å². The van der Waals surface area contributed by atoms with Gasteiger partial charge < -0.3 is 20.1 Å². The fraction of sp³-hybridized carbons (Fsp3) is 0.474. The smallest absolute Gasteiger partial charge is 0.321 e. The maximum absolute atomic E-state index is 12.0. The molecule has 1 aliphatic heterocycles. The van der Waals surface area contributed by atoms with Crippen LogP contribution in [-0.4, -0.2) is 60.8 Å². The summed E-state index contributed by atoms with van der Waals surface area (Å²) in [4.78, 5) is 23.9. The van der Waals surface area contributed by atoms with Crippen LogP contribution in [0, 0.1) is 0 Å². The first kappa shape index (κ1) is 22.3. The minimum absolute atomic E-state index is 0.0727. The van der Waals surface area contributed by atoms with Crippen LogP contribution in [0.25, 0.3) is 0 Å². The molecule has 2 heterocycles. The van der Waals surface area contributed by atoms with Gasteiger partial charge in [0.2, 0.25) is 11.0 Å². The molecular weight excluding hydrogens is 426 g/mol. The molecule has 30 heavy (non-hydrogen) atoms. The van der Waals surface area contributed by atoms with Gasteiger partial charge in [-0.25, -0.2) is 4.79 Å². The Labute approximate surface area is 183 Å². The predicted molar refractivity (Wildman–Crippen MR) is 116 cm³/mol. The molecule has 11 heteroatoms. The first-order valence-electron chi connectivity index (χ1n) is 9.65. The molecule has 0 aliphatic carbocycles. The van der Waals surface area contributed by atoms with Crippen LogP contribution in [0.15, 0.2) is 28.6 Å². The third-order valence-electron chi connectivity index (χ3n) is 4.36. The van der Waals surface area contributed by atoms with Crippen molar-refractivity contribution in [3.8, 4) is 5.75 Å². The second kappa shape index (κ2) is 11.7. The number of methoxy groups -OCH3 is 1. The van der Waals surface area contributed by atoms with E-state index in [2.05, 4.69) is 26.1 Å². The summed E-state index contributed by atoms with van der Waals surface area (Å²) in [5, 5.41) is 16.6. The second-order valence-corrected chi connectivity index (χ2v) is 8.78. The van der Waals surface area contributed by atoms with Crippen molar-refractivity contribution in [2.24, 2.45) is 0 Å². The number of nitrogens with zero attached hydrogens (tertiary/aromatic N) is 2. The Morgan fingerprint density at radius 1 is 1.27 bits per heavy atom. The second-order valence-electron chi connectivity index (χ2n) is 6.58. The van der Waals surface area contributed by atoms with Gasteiger partial charge in [-0.05, 0) is 37.0 Å². The van der Waals surface area contributed by atoms with Crippen LogP contribution in [-0.2, 0) is 16.0 Å². The average molecular weight is 452 g/mol. The zero-order valence-corrected chi connectivity index (χ0v) is 18.3. The lowest BCUT2D eigenvalue weighted by Gasteiger charge is -2.09. The van der Waals surface area contributed by atoms with Gasteiger partial charge in [-0.15, -0.1) is 10.2 Å². The summed E-state index contributed by atoms with van der Waals surface area (Å²) in [5.74, 6) is 0.973. The number of carbonyl (C=O) groups excluding carboxylic acids is 2. The number of benzene rings is 1. The van der Waals surface area contributed by atoms with Crippen molar-refractivity contribution < 1.29 is 19.1 Å². The Morgan fingerprint density at radius 3 is 2.83 bits per heavy atom.